The summed E-state index contributed by atoms with van der Waals surface area (Å²) in [6, 6.07) is 9.17. The maximum atomic E-state index is 13.0. The van der Waals surface area contributed by atoms with Crippen molar-refractivity contribution in [2.24, 2.45) is 0 Å². The van der Waals surface area contributed by atoms with Gasteiger partial charge in [0.05, 0.1) is 19.0 Å². The van der Waals surface area contributed by atoms with Crippen LogP contribution in [0.1, 0.15) is 6.92 Å². The summed E-state index contributed by atoms with van der Waals surface area (Å²) in [4.78, 5) is 18.2. The number of rotatable bonds is 4. The Hall–Kier alpha value is -2.93. The molecule has 0 saturated carbocycles. The molecule has 0 aliphatic heterocycles. The average Bonchev–Trinajstić information content (AvgIpc) is 3.03. The third-order valence-corrected chi connectivity index (χ3v) is 5.10. The minimum Gasteiger partial charge on any atom is -0.497 e. The first kappa shape index (κ1) is 15.6. The zero-order valence-electron chi connectivity index (χ0n) is 13.8. The smallest absolute Gasteiger partial charge is 0.289 e. The van der Waals surface area contributed by atoms with Gasteiger partial charge in [0.1, 0.15) is 15.3 Å². The molecule has 25 heavy (non-hydrogen) atoms. The highest BCUT2D eigenvalue weighted by Crippen LogP contribution is 2.34. The Labute approximate surface area is 147 Å². The number of anilines is 1. The molecule has 4 aromatic rings. The van der Waals surface area contributed by atoms with Crippen LogP contribution in [0.15, 0.2) is 47.5 Å². The number of hydrogen-bond donors (Lipinski definition) is 1. The highest BCUT2D eigenvalue weighted by atomic mass is 32.1. The molecule has 4 rings (SSSR count). The van der Waals surface area contributed by atoms with E-state index in [0.29, 0.717) is 10.4 Å². The van der Waals surface area contributed by atoms with E-state index >= 15 is 0 Å². The zero-order valence-corrected chi connectivity index (χ0v) is 14.6. The summed E-state index contributed by atoms with van der Waals surface area (Å²) in [6.07, 6.45) is 3.49. The van der Waals surface area contributed by atoms with Gasteiger partial charge >= 0.3 is 0 Å². The number of thiophene rings is 1. The molecule has 0 radical (unpaired) electrons. The number of nitrogens with one attached hydrogen (secondary N) is 1. The summed E-state index contributed by atoms with van der Waals surface area (Å²) in [5.41, 5.74) is 1.53. The van der Waals surface area contributed by atoms with Gasteiger partial charge in [-0.15, -0.1) is 11.3 Å². The third kappa shape index (κ3) is 2.53. The molecule has 7 heteroatoms. The normalized spacial score (nSPS) is 11.1. The summed E-state index contributed by atoms with van der Waals surface area (Å²) in [5, 5.41) is 9.48. The van der Waals surface area contributed by atoms with Crippen LogP contribution in [-0.2, 0) is 0 Å². The summed E-state index contributed by atoms with van der Waals surface area (Å²) < 4.78 is 7.22. The van der Waals surface area contributed by atoms with Crippen LogP contribution in [0.2, 0.25) is 0 Å². The fourth-order valence-corrected chi connectivity index (χ4v) is 3.90. The number of methoxy groups -OCH3 is 1. The molecule has 3 aromatic heterocycles. The van der Waals surface area contributed by atoms with Crippen molar-refractivity contribution >= 4 is 37.3 Å². The molecular formula is C18H16N4O2S. The second-order valence-electron chi connectivity index (χ2n) is 5.47. The molecule has 0 saturated heterocycles. The van der Waals surface area contributed by atoms with Crippen LogP contribution in [0, 0.1) is 0 Å². The standard InChI is InChI=1S/C18H16N4O2S/c1-3-19-14-8-9-20-17-15(14)13-10-21-22(18(23)16(13)25-17)11-4-6-12(24-2)7-5-11/h4-10H,3H2,1-2H3,(H,19,20). The van der Waals surface area contributed by atoms with Crippen molar-refractivity contribution in [3.05, 3.63) is 53.1 Å². The van der Waals surface area contributed by atoms with Crippen LogP contribution in [0.3, 0.4) is 0 Å². The monoisotopic (exact) mass is 352 g/mol. The first-order chi connectivity index (χ1) is 12.2. The minimum atomic E-state index is -0.145. The summed E-state index contributed by atoms with van der Waals surface area (Å²) >= 11 is 1.40. The number of fused-ring (bicyclic) bond motifs is 3. The predicted octanol–water partition coefficient (Wildman–Crippen LogP) is 3.44. The van der Waals surface area contributed by atoms with Crippen LogP contribution >= 0.6 is 11.3 Å². The second-order valence-corrected chi connectivity index (χ2v) is 6.47. The Morgan fingerprint density at radius 3 is 2.76 bits per heavy atom. The third-order valence-electron chi connectivity index (χ3n) is 4.00. The van der Waals surface area contributed by atoms with E-state index in [9.17, 15) is 4.79 Å². The van der Waals surface area contributed by atoms with E-state index < -0.39 is 0 Å². The molecule has 0 aliphatic carbocycles. The molecule has 3 heterocycles. The van der Waals surface area contributed by atoms with Crippen LogP contribution in [0.25, 0.3) is 26.0 Å². The molecule has 6 nitrogen and oxygen atoms in total. The van der Waals surface area contributed by atoms with E-state index in [1.165, 1.54) is 16.0 Å². The van der Waals surface area contributed by atoms with Crippen molar-refractivity contribution in [2.75, 3.05) is 19.0 Å². The summed E-state index contributed by atoms with van der Waals surface area (Å²) in [5.74, 6) is 0.735. The lowest BCUT2D eigenvalue weighted by Crippen LogP contribution is -2.19. The van der Waals surface area contributed by atoms with Crippen molar-refractivity contribution < 1.29 is 4.74 Å². The number of benzene rings is 1. The second kappa shape index (κ2) is 6.18. The predicted molar refractivity (Wildman–Crippen MR) is 101 cm³/mol. The quantitative estimate of drug-likeness (QED) is 0.609. The Kier molecular flexibility index (Phi) is 3.85. The van der Waals surface area contributed by atoms with Gasteiger partial charge in [0, 0.05) is 29.2 Å². The first-order valence-corrected chi connectivity index (χ1v) is 8.72. The van der Waals surface area contributed by atoms with Gasteiger partial charge in [-0.25, -0.2) is 4.98 Å². The summed E-state index contributed by atoms with van der Waals surface area (Å²) in [6.45, 7) is 2.84. The van der Waals surface area contributed by atoms with Gasteiger partial charge in [-0.3, -0.25) is 4.79 Å². The molecule has 1 aromatic carbocycles. The van der Waals surface area contributed by atoms with E-state index in [1.807, 2.05) is 37.3 Å². The minimum absolute atomic E-state index is 0.145. The summed E-state index contributed by atoms with van der Waals surface area (Å²) in [7, 11) is 1.61. The largest absolute Gasteiger partial charge is 0.497 e. The first-order valence-electron chi connectivity index (χ1n) is 7.90. The number of nitrogens with zero attached hydrogens (tertiary/aromatic N) is 3. The highest BCUT2D eigenvalue weighted by Gasteiger charge is 2.15. The molecule has 0 atom stereocenters. The van der Waals surface area contributed by atoms with E-state index in [4.69, 9.17) is 4.74 Å². The maximum Gasteiger partial charge on any atom is 0.289 e. The molecule has 0 bridgehead atoms. The molecule has 126 valence electrons. The average molecular weight is 352 g/mol. The van der Waals surface area contributed by atoms with Crippen LogP contribution in [0.4, 0.5) is 5.69 Å². The van der Waals surface area contributed by atoms with Crippen molar-refractivity contribution in [1.29, 1.82) is 0 Å². The van der Waals surface area contributed by atoms with Crippen molar-refractivity contribution in [1.82, 2.24) is 14.8 Å². The maximum absolute atomic E-state index is 13.0. The van der Waals surface area contributed by atoms with Crippen molar-refractivity contribution in [3.63, 3.8) is 0 Å². The van der Waals surface area contributed by atoms with E-state index in [2.05, 4.69) is 15.4 Å². The molecule has 0 aliphatic rings. The Morgan fingerprint density at radius 1 is 1.24 bits per heavy atom. The topological polar surface area (TPSA) is 69.0 Å². The molecule has 1 N–H and O–H groups in total. The van der Waals surface area contributed by atoms with E-state index in [1.54, 1.807) is 19.5 Å². The molecule has 0 amide bonds. The van der Waals surface area contributed by atoms with Gasteiger partial charge in [-0.2, -0.15) is 9.78 Å². The number of pyridine rings is 1. The van der Waals surface area contributed by atoms with Gasteiger partial charge in [0.15, 0.2) is 0 Å². The lowest BCUT2D eigenvalue weighted by atomic mass is 10.2. The lowest BCUT2D eigenvalue weighted by Gasteiger charge is -2.06. The lowest BCUT2D eigenvalue weighted by molar-refractivity contribution is 0.414. The van der Waals surface area contributed by atoms with Crippen molar-refractivity contribution in [2.45, 2.75) is 6.92 Å². The van der Waals surface area contributed by atoms with Crippen LogP contribution in [-0.4, -0.2) is 28.4 Å². The fourth-order valence-electron chi connectivity index (χ4n) is 2.84. The molecule has 0 spiro atoms. The van der Waals surface area contributed by atoms with Gasteiger partial charge in [0.2, 0.25) is 0 Å². The van der Waals surface area contributed by atoms with Gasteiger partial charge in [0.25, 0.3) is 5.56 Å². The fraction of sp³-hybridized carbons (Fsp3) is 0.167. The molecule has 0 unspecified atom stereocenters. The van der Waals surface area contributed by atoms with Crippen LogP contribution in [0.5, 0.6) is 5.75 Å². The number of aromatic nitrogens is 3. The van der Waals surface area contributed by atoms with E-state index in [0.717, 1.165) is 33.6 Å². The van der Waals surface area contributed by atoms with E-state index in [-0.39, 0.29) is 5.56 Å². The van der Waals surface area contributed by atoms with Gasteiger partial charge < -0.3 is 10.1 Å². The molecule has 0 fully saturated rings. The van der Waals surface area contributed by atoms with Gasteiger partial charge in [-0.05, 0) is 37.3 Å². The highest BCUT2D eigenvalue weighted by molar-refractivity contribution is 7.25. The SMILES string of the molecule is CCNc1ccnc2sc3c(=O)n(-c4ccc(OC)cc4)ncc3c12. The number of ether oxygens (including phenoxy) is 1. The number of hydrogen-bond acceptors (Lipinski definition) is 6. The zero-order chi connectivity index (χ0) is 17.4. The van der Waals surface area contributed by atoms with Crippen LogP contribution < -0.4 is 15.6 Å². The van der Waals surface area contributed by atoms with Gasteiger partial charge in [-0.1, -0.05) is 0 Å². The molecular weight excluding hydrogens is 336 g/mol. The van der Waals surface area contributed by atoms with Crippen molar-refractivity contribution in [3.8, 4) is 11.4 Å². The Balaban J connectivity index is 1.95. The Morgan fingerprint density at radius 2 is 2.04 bits per heavy atom. The Bertz CT molecular complexity index is 1120.